The molecule has 0 aliphatic carbocycles. The number of rotatable bonds is 8. The second-order valence-corrected chi connectivity index (χ2v) is 3.97. The average Bonchev–Trinajstić information content (AvgIpc) is 2.44. The van der Waals surface area contributed by atoms with Crippen LogP contribution in [-0.2, 0) is 11.3 Å². The first-order valence-electron chi connectivity index (χ1n) is 6.32. The molecule has 0 unspecified atom stereocenters. The van der Waals surface area contributed by atoms with E-state index < -0.39 is 0 Å². The van der Waals surface area contributed by atoms with Crippen LogP contribution in [0.4, 0.5) is 0 Å². The van der Waals surface area contributed by atoms with Gasteiger partial charge in [-0.1, -0.05) is 19.1 Å². The lowest BCUT2D eigenvalue weighted by Gasteiger charge is -2.07. The Labute approximate surface area is 113 Å². The third-order valence-electron chi connectivity index (χ3n) is 2.43. The van der Waals surface area contributed by atoms with E-state index in [0.29, 0.717) is 18.7 Å². The summed E-state index contributed by atoms with van der Waals surface area (Å²) in [7, 11) is 0. The Morgan fingerprint density at radius 3 is 2.74 bits per heavy atom. The van der Waals surface area contributed by atoms with Crippen molar-refractivity contribution >= 4 is 5.91 Å². The maximum Gasteiger partial charge on any atom is 0.257 e. The third kappa shape index (κ3) is 6.43. The smallest absolute Gasteiger partial charge is 0.257 e. The highest BCUT2D eigenvalue weighted by molar-refractivity contribution is 5.77. The molecule has 1 rings (SSSR count). The molecule has 1 aromatic rings. The minimum atomic E-state index is -0.216. The van der Waals surface area contributed by atoms with Gasteiger partial charge in [-0.25, -0.2) is 0 Å². The fourth-order valence-electron chi connectivity index (χ4n) is 1.43. The molecule has 0 aliphatic heterocycles. The predicted molar refractivity (Wildman–Crippen MR) is 72.6 cm³/mol. The molecule has 0 aliphatic rings. The molecule has 5 nitrogen and oxygen atoms in total. The lowest BCUT2D eigenvalue weighted by atomic mass is 10.2. The van der Waals surface area contributed by atoms with E-state index in [4.69, 9.17) is 10.00 Å². The van der Waals surface area contributed by atoms with Crippen LogP contribution >= 0.6 is 0 Å². The molecule has 1 aromatic carbocycles. The zero-order valence-electron chi connectivity index (χ0n) is 11.1. The van der Waals surface area contributed by atoms with Crippen molar-refractivity contribution in [1.29, 1.82) is 5.26 Å². The van der Waals surface area contributed by atoms with Gasteiger partial charge in [0, 0.05) is 13.1 Å². The monoisotopic (exact) mass is 261 g/mol. The van der Waals surface area contributed by atoms with Crippen molar-refractivity contribution in [2.75, 3.05) is 19.7 Å². The van der Waals surface area contributed by atoms with Gasteiger partial charge in [-0.05, 0) is 24.2 Å². The Bertz CT molecular complexity index is 423. The maximum atomic E-state index is 11.3. The summed E-state index contributed by atoms with van der Waals surface area (Å²) in [5.74, 6) is 0.447. The molecule has 0 bridgehead atoms. The second-order valence-electron chi connectivity index (χ2n) is 3.97. The topological polar surface area (TPSA) is 74.2 Å². The number of benzene rings is 1. The van der Waals surface area contributed by atoms with Crippen LogP contribution < -0.4 is 15.4 Å². The van der Waals surface area contributed by atoms with Crippen LogP contribution in [0, 0.1) is 11.3 Å². The van der Waals surface area contributed by atoms with Gasteiger partial charge >= 0.3 is 0 Å². The van der Waals surface area contributed by atoms with E-state index in [1.54, 1.807) is 0 Å². The Balaban J connectivity index is 2.29. The van der Waals surface area contributed by atoms with Crippen LogP contribution in [0.15, 0.2) is 24.3 Å². The molecule has 102 valence electrons. The number of hydrogen-bond donors (Lipinski definition) is 2. The Morgan fingerprint density at radius 2 is 2.11 bits per heavy atom. The molecule has 5 heteroatoms. The molecule has 19 heavy (non-hydrogen) atoms. The van der Waals surface area contributed by atoms with Crippen molar-refractivity contribution < 1.29 is 9.53 Å². The normalized spacial score (nSPS) is 9.68. The molecule has 0 spiro atoms. The van der Waals surface area contributed by atoms with Gasteiger partial charge in [-0.3, -0.25) is 4.79 Å². The minimum absolute atomic E-state index is 0.0298. The summed E-state index contributed by atoms with van der Waals surface area (Å²) in [6.07, 6.45) is 0.310. The number of nitriles is 1. The van der Waals surface area contributed by atoms with E-state index in [1.807, 2.05) is 30.3 Å². The van der Waals surface area contributed by atoms with Crippen molar-refractivity contribution in [2.45, 2.75) is 19.9 Å². The van der Waals surface area contributed by atoms with Crippen LogP contribution in [0.1, 0.15) is 18.9 Å². The summed E-state index contributed by atoms with van der Waals surface area (Å²) in [5, 5.41) is 14.2. The molecule has 0 heterocycles. The Morgan fingerprint density at radius 1 is 1.37 bits per heavy atom. The van der Waals surface area contributed by atoms with Crippen molar-refractivity contribution in [3.05, 3.63) is 29.8 Å². The molecule has 1 amide bonds. The quantitative estimate of drug-likeness (QED) is 0.690. The number of hydrogen-bond acceptors (Lipinski definition) is 4. The first kappa shape index (κ1) is 15.0. The summed E-state index contributed by atoms with van der Waals surface area (Å²) < 4.78 is 5.34. The summed E-state index contributed by atoms with van der Waals surface area (Å²) in [5.41, 5.74) is 1.17. The first-order chi connectivity index (χ1) is 9.26. The lowest BCUT2D eigenvalue weighted by Crippen LogP contribution is -2.29. The zero-order chi connectivity index (χ0) is 13.9. The average molecular weight is 261 g/mol. The highest BCUT2D eigenvalue weighted by atomic mass is 16.5. The van der Waals surface area contributed by atoms with E-state index in [9.17, 15) is 4.79 Å². The molecule has 0 fully saturated rings. The molecular weight excluding hydrogens is 242 g/mol. The number of nitrogens with zero attached hydrogens (tertiary/aromatic N) is 1. The van der Waals surface area contributed by atoms with Crippen LogP contribution in [-0.4, -0.2) is 25.6 Å². The summed E-state index contributed by atoms with van der Waals surface area (Å²) in [4.78, 5) is 11.3. The zero-order valence-corrected chi connectivity index (χ0v) is 11.1. The fourth-order valence-corrected chi connectivity index (χ4v) is 1.43. The van der Waals surface area contributed by atoms with E-state index in [2.05, 4.69) is 17.6 Å². The fraction of sp³-hybridized carbons (Fsp3) is 0.429. The molecular formula is C14H19N3O2. The molecule has 0 aromatic heterocycles. The number of amides is 1. The number of ether oxygens (including phenoxy) is 1. The molecule has 2 N–H and O–H groups in total. The van der Waals surface area contributed by atoms with E-state index in [0.717, 1.165) is 13.1 Å². The van der Waals surface area contributed by atoms with Crippen molar-refractivity contribution in [3.8, 4) is 11.8 Å². The second kappa shape index (κ2) is 8.95. The summed E-state index contributed by atoms with van der Waals surface area (Å²) in [6, 6.07) is 9.57. The number of nitrogens with one attached hydrogen (secondary N) is 2. The van der Waals surface area contributed by atoms with Gasteiger partial charge in [0.1, 0.15) is 5.75 Å². The van der Waals surface area contributed by atoms with Crippen LogP contribution in [0.25, 0.3) is 0 Å². The maximum absolute atomic E-state index is 11.3. The number of carbonyl (C=O) groups is 1. The molecule has 0 radical (unpaired) electrons. The summed E-state index contributed by atoms with van der Waals surface area (Å²) in [6.45, 7) is 4.15. The van der Waals surface area contributed by atoms with E-state index >= 15 is 0 Å². The summed E-state index contributed by atoms with van der Waals surface area (Å²) >= 11 is 0. The molecule has 0 saturated carbocycles. The minimum Gasteiger partial charge on any atom is -0.484 e. The van der Waals surface area contributed by atoms with Gasteiger partial charge in [0.25, 0.3) is 5.91 Å². The Kier molecular flexibility index (Phi) is 7.06. The van der Waals surface area contributed by atoms with E-state index in [1.165, 1.54) is 5.56 Å². The van der Waals surface area contributed by atoms with Gasteiger partial charge in [0.2, 0.25) is 0 Å². The van der Waals surface area contributed by atoms with Crippen LogP contribution in [0.3, 0.4) is 0 Å². The van der Waals surface area contributed by atoms with Gasteiger partial charge in [0.05, 0.1) is 12.5 Å². The van der Waals surface area contributed by atoms with Gasteiger partial charge < -0.3 is 15.4 Å². The number of carbonyl (C=O) groups excluding carboxylic acids is 1. The largest absolute Gasteiger partial charge is 0.484 e. The van der Waals surface area contributed by atoms with Gasteiger partial charge in [0.15, 0.2) is 6.61 Å². The van der Waals surface area contributed by atoms with Gasteiger partial charge in [-0.15, -0.1) is 0 Å². The SMILES string of the molecule is CCNCc1ccc(OCC(=O)NCCC#N)cc1. The predicted octanol–water partition coefficient (Wildman–Crippen LogP) is 1.20. The first-order valence-corrected chi connectivity index (χ1v) is 6.32. The third-order valence-corrected chi connectivity index (χ3v) is 2.43. The van der Waals surface area contributed by atoms with Crippen molar-refractivity contribution in [1.82, 2.24) is 10.6 Å². The molecule has 0 saturated heterocycles. The van der Waals surface area contributed by atoms with Gasteiger partial charge in [-0.2, -0.15) is 5.26 Å². The molecule has 0 atom stereocenters. The van der Waals surface area contributed by atoms with Crippen LogP contribution in [0.5, 0.6) is 5.75 Å². The van der Waals surface area contributed by atoms with Crippen molar-refractivity contribution in [3.63, 3.8) is 0 Å². The lowest BCUT2D eigenvalue weighted by molar-refractivity contribution is -0.123. The van der Waals surface area contributed by atoms with E-state index in [-0.39, 0.29) is 12.5 Å². The highest BCUT2D eigenvalue weighted by Gasteiger charge is 2.02. The highest BCUT2D eigenvalue weighted by Crippen LogP contribution is 2.11. The Hall–Kier alpha value is -2.06. The van der Waals surface area contributed by atoms with Crippen LogP contribution in [0.2, 0.25) is 0 Å². The van der Waals surface area contributed by atoms with Crippen molar-refractivity contribution in [2.24, 2.45) is 0 Å². The standard InChI is InChI=1S/C14H19N3O2/c1-2-16-10-12-4-6-13(7-5-12)19-11-14(18)17-9-3-8-15/h4-7,16H,2-3,9-11H2,1H3,(H,17,18).